The van der Waals surface area contributed by atoms with Crippen molar-refractivity contribution in [2.24, 2.45) is 5.92 Å². The van der Waals surface area contributed by atoms with Gasteiger partial charge < -0.3 is 0 Å². The zero-order valence-corrected chi connectivity index (χ0v) is 15.3. The Morgan fingerprint density at radius 3 is 2.56 bits per heavy atom. The molecule has 5 nitrogen and oxygen atoms in total. The van der Waals surface area contributed by atoms with Crippen LogP contribution in [0.4, 0.5) is 5.13 Å². The van der Waals surface area contributed by atoms with Crippen molar-refractivity contribution in [2.75, 3.05) is 11.4 Å². The first-order chi connectivity index (χ1) is 12.0. The Morgan fingerprint density at radius 2 is 1.92 bits per heavy atom. The zero-order chi connectivity index (χ0) is 17.8. The van der Waals surface area contributed by atoms with E-state index in [0.717, 1.165) is 10.6 Å². The van der Waals surface area contributed by atoms with E-state index in [2.05, 4.69) is 29.0 Å². The van der Waals surface area contributed by atoms with Crippen molar-refractivity contribution in [3.63, 3.8) is 0 Å². The van der Waals surface area contributed by atoms with Crippen LogP contribution in [-0.4, -0.2) is 27.6 Å². The van der Waals surface area contributed by atoms with E-state index < -0.39 is 0 Å². The predicted molar refractivity (Wildman–Crippen MR) is 101 cm³/mol. The summed E-state index contributed by atoms with van der Waals surface area (Å²) < 4.78 is 0. The van der Waals surface area contributed by atoms with Gasteiger partial charge in [0.1, 0.15) is 5.01 Å². The lowest BCUT2D eigenvalue weighted by Crippen LogP contribution is -2.34. The number of carbonyl (C=O) groups is 1. The molecule has 0 atom stereocenters. The molecular formula is C19H20N4OS. The van der Waals surface area contributed by atoms with E-state index in [4.69, 9.17) is 0 Å². The van der Waals surface area contributed by atoms with Crippen LogP contribution in [0.15, 0.2) is 48.8 Å². The highest BCUT2D eigenvalue weighted by Crippen LogP contribution is 2.30. The van der Waals surface area contributed by atoms with Gasteiger partial charge in [0, 0.05) is 24.5 Å². The summed E-state index contributed by atoms with van der Waals surface area (Å²) in [6, 6.07) is 11.7. The zero-order valence-electron chi connectivity index (χ0n) is 14.5. The van der Waals surface area contributed by atoms with Crippen LogP contribution in [0.3, 0.4) is 0 Å². The number of pyridine rings is 1. The van der Waals surface area contributed by atoms with Crippen molar-refractivity contribution >= 4 is 22.4 Å². The number of aromatic nitrogens is 3. The lowest BCUT2D eigenvalue weighted by molar-refractivity contribution is 0.0983. The molecule has 3 aromatic rings. The molecule has 0 unspecified atom stereocenters. The van der Waals surface area contributed by atoms with Crippen LogP contribution < -0.4 is 4.90 Å². The Hall–Kier alpha value is -2.60. The van der Waals surface area contributed by atoms with Crippen LogP contribution in [0.2, 0.25) is 0 Å². The molecule has 0 saturated heterocycles. The minimum atomic E-state index is -0.103. The summed E-state index contributed by atoms with van der Waals surface area (Å²) in [5.41, 5.74) is 2.75. The molecule has 128 valence electrons. The lowest BCUT2D eigenvalue weighted by atomic mass is 10.2. The van der Waals surface area contributed by atoms with Gasteiger partial charge in [0.2, 0.25) is 5.13 Å². The van der Waals surface area contributed by atoms with Crippen LogP contribution in [-0.2, 0) is 0 Å². The van der Waals surface area contributed by atoms with Gasteiger partial charge >= 0.3 is 0 Å². The van der Waals surface area contributed by atoms with E-state index in [1.54, 1.807) is 29.4 Å². The van der Waals surface area contributed by atoms with Crippen molar-refractivity contribution < 1.29 is 4.79 Å². The SMILES string of the molecule is Cc1ccc(-c2nnc(N(CC(C)C)C(=O)c3cccnc3)s2)cc1. The summed E-state index contributed by atoms with van der Waals surface area (Å²) in [6.07, 6.45) is 3.24. The number of amides is 1. The number of hydrogen-bond acceptors (Lipinski definition) is 5. The largest absolute Gasteiger partial charge is 0.282 e. The van der Waals surface area contributed by atoms with Gasteiger partial charge in [-0.05, 0) is 25.0 Å². The lowest BCUT2D eigenvalue weighted by Gasteiger charge is -2.21. The molecule has 0 spiro atoms. The Bertz CT molecular complexity index is 843. The first kappa shape index (κ1) is 17.2. The Labute approximate surface area is 151 Å². The number of rotatable bonds is 5. The van der Waals surface area contributed by atoms with Gasteiger partial charge in [0.15, 0.2) is 0 Å². The minimum Gasteiger partial charge on any atom is -0.282 e. The molecule has 2 heterocycles. The fourth-order valence-corrected chi connectivity index (χ4v) is 3.25. The predicted octanol–water partition coefficient (Wildman–Crippen LogP) is 4.21. The minimum absolute atomic E-state index is 0.103. The number of hydrogen-bond donors (Lipinski definition) is 0. The van der Waals surface area contributed by atoms with Gasteiger partial charge in [0.05, 0.1) is 5.56 Å². The first-order valence-corrected chi connectivity index (χ1v) is 8.98. The van der Waals surface area contributed by atoms with Crippen molar-refractivity contribution in [1.82, 2.24) is 15.2 Å². The first-order valence-electron chi connectivity index (χ1n) is 8.17. The van der Waals surface area contributed by atoms with Crippen molar-refractivity contribution in [1.29, 1.82) is 0 Å². The molecular weight excluding hydrogens is 332 g/mol. The van der Waals surface area contributed by atoms with Crippen LogP contribution in [0.1, 0.15) is 29.8 Å². The number of carbonyl (C=O) groups excluding carboxylic acids is 1. The molecule has 3 rings (SSSR count). The van der Waals surface area contributed by atoms with Crippen LogP contribution in [0.25, 0.3) is 10.6 Å². The maximum atomic E-state index is 12.9. The van der Waals surface area contributed by atoms with Gasteiger partial charge in [-0.15, -0.1) is 10.2 Å². The molecule has 6 heteroatoms. The molecule has 0 bridgehead atoms. The van der Waals surface area contributed by atoms with Crippen LogP contribution in [0, 0.1) is 12.8 Å². The van der Waals surface area contributed by atoms with E-state index in [-0.39, 0.29) is 5.91 Å². The smallest absolute Gasteiger partial charge is 0.261 e. The summed E-state index contributed by atoms with van der Waals surface area (Å²) in [7, 11) is 0. The normalized spacial score (nSPS) is 10.9. The number of nitrogens with zero attached hydrogens (tertiary/aromatic N) is 4. The standard InChI is InChI=1S/C19H20N4OS/c1-13(2)12-23(18(24)16-5-4-10-20-11-16)19-22-21-17(25-19)15-8-6-14(3)7-9-15/h4-11,13H,12H2,1-3H3. The fourth-order valence-electron chi connectivity index (χ4n) is 2.40. The summed E-state index contributed by atoms with van der Waals surface area (Å²) in [5, 5.41) is 9.97. The Morgan fingerprint density at radius 1 is 1.16 bits per heavy atom. The quantitative estimate of drug-likeness (QED) is 0.690. The third-order valence-electron chi connectivity index (χ3n) is 3.65. The second kappa shape index (κ2) is 7.53. The van der Waals surface area contributed by atoms with Gasteiger partial charge in [0.25, 0.3) is 5.91 Å². The fraction of sp³-hybridized carbons (Fsp3) is 0.263. The summed E-state index contributed by atoms with van der Waals surface area (Å²) >= 11 is 1.43. The van der Waals surface area contributed by atoms with E-state index in [9.17, 15) is 4.79 Å². The summed E-state index contributed by atoms with van der Waals surface area (Å²) in [5.74, 6) is 0.209. The number of aryl methyl sites for hydroxylation is 1. The maximum Gasteiger partial charge on any atom is 0.261 e. The molecule has 0 aliphatic carbocycles. The highest BCUT2D eigenvalue weighted by molar-refractivity contribution is 7.18. The van der Waals surface area contributed by atoms with Crippen molar-refractivity contribution in [3.8, 4) is 10.6 Å². The Balaban J connectivity index is 1.92. The number of anilines is 1. The molecule has 0 radical (unpaired) electrons. The molecule has 0 aliphatic heterocycles. The highest BCUT2D eigenvalue weighted by Gasteiger charge is 2.23. The molecule has 1 amide bonds. The average Bonchev–Trinajstić information content (AvgIpc) is 3.10. The second-order valence-electron chi connectivity index (χ2n) is 6.31. The summed E-state index contributed by atoms with van der Waals surface area (Å²) in [6.45, 7) is 6.78. The summed E-state index contributed by atoms with van der Waals surface area (Å²) in [4.78, 5) is 18.6. The van der Waals surface area contributed by atoms with Gasteiger partial charge in [-0.1, -0.05) is 55.0 Å². The van der Waals surface area contributed by atoms with Crippen molar-refractivity contribution in [2.45, 2.75) is 20.8 Å². The average molecular weight is 352 g/mol. The van der Waals surface area contributed by atoms with Crippen LogP contribution >= 0.6 is 11.3 Å². The van der Waals surface area contributed by atoms with Crippen LogP contribution in [0.5, 0.6) is 0 Å². The molecule has 1 aromatic carbocycles. The molecule has 2 aromatic heterocycles. The third-order valence-corrected chi connectivity index (χ3v) is 4.64. The topological polar surface area (TPSA) is 59.0 Å². The molecule has 0 fully saturated rings. The monoisotopic (exact) mass is 352 g/mol. The number of benzene rings is 1. The second-order valence-corrected chi connectivity index (χ2v) is 7.26. The van der Waals surface area contributed by atoms with Gasteiger partial charge in [-0.2, -0.15) is 0 Å². The highest BCUT2D eigenvalue weighted by atomic mass is 32.1. The van der Waals surface area contributed by atoms with Gasteiger partial charge in [-0.25, -0.2) is 0 Å². The molecule has 0 saturated carbocycles. The van der Waals surface area contributed by atoms with E-state index in [1.807, 2.05) is 31.2 Å². The third kappa shape index (κ3) is 4.09. The van der Waals surface area contributed by atoms with Crippen molar-refractivity contribution in [3.05, 3.63) is 59.9 Å². The van der Waals surface area contributed by atoms with Gasteiger partial charge in [-0.3, -0.25) is 14.7 Å². The maximum absolute atomic E-state index is 12.9. The van der Waals surface area contributed by atoms with E-state index in [0.29, 0.717) is 23.2 Å². The molecule has 0 N–H and O–H groups in total. The molecule has 25 heavy (non-hydrogen) atoms. The molecule has 0 aliphatic rings. The van der Waals surface area contributed by atoms with E-state index in [1.165, 1.54) is 16.9 Å². The van der Waals surface area contributed by atoms with E-state index >= 15 is 0 Å². The Kier molecular flexibility index (Phi) is 5.19.